The monoisotopic (exact) mass is 594 g/mol. The second-order valence-electron chi connectivity index (χ2n) is 11.0. The summed E-state index contributed by atoms with van der Waals surface area (Å²) in [6.45, 7) is 2.59. The van der Waals surface area contributed by atoms with Gasteiger partial charge in [-0.1, -0.05) is 73.5 Å². The first kappa shape index (κ1) is 30.2. The Balaban J connectivity index is 1.38. The predicted octanol–water partition coefficient (Wildman–Crippen LogP) is 2.46. The lowest BCUT2D eigenvalue weighted by Crippen LogP contribution is -2.68. The number of ether oxygens (including phenoxy) is 3. The van der Waals surface area contributed by atoms with E-state index in [9.17, 15) is 24.0 Å². The first-order valence-electron chi connectivity index (χ1n) is 15.0. The van der Waals surface area contributed by atoms with Crippen LogP contribution in [-0.4, -0.2) is 59.5 Å². The van der Waals surface area contributed by atoms with Gasteiger partial charge in [0.15, 0.2) is 1.41 Å². The van der Waals surface area contributed by atoms with E-state index in [2.05, 4.69) is 10.6 Å². The van der Waals surface area contributed by atoms with Gasteiger partial charge in [0.2, 0.25) is 11.5 Å². The summed E-state index contributed by atoms with van der Waals surface area (Å²) in [6, 6.07) is 15.2. The van der Waals surface area contributed by atoms with Gasteiger partial charge in [0, 0.05) is 6.42 Å². The minimum absolute atomic E-state index is 0.0537. The van der Waals surface area contributed by atoms with Crippen LogP contribution < -0.4 is 15.9 Å². The van der Waals surface area contributed by atoms with Crippen LogP contribution in [0.2, 0.25) is 1.41 Å². The zero-order chi connectivity index (χ0) is 31.7. The van der Waals surface area contributed by atoms with Crippen LogP contribution in [-0.2, 0) is 51.4 Å². The van der Waals surface area contributed by atoms with Crippen molar-refractivity contribution in [2.75, 3.05) is 0 Å². The summed E-state index contributed by atoms with van der Waals surface area (Å²) in [6.07, 6.45) is 2.54. The summed E-state index contributed by atoms with van der Waals surface area (Å²) < 4.78 is 25.1. The van der Waals surface area contributed by atoms with E-state index in [1.54, 1.807) is 24.3 Å². The number of hydrogen-bond acceptors (Lipinski definition) is 8. The molecule has 1 saturated heterocycles. The lowest BCUT2D eigenvalue weighted by molar-refractivity contribution is -0.182. The maximum atomic E-state index is 13.4. The molecule has 0 aromatic heterocycles. The van der Waals surface area contributed by atoms with Crippen molar-refractivity contribution in [3.63, 3.8) is 0 Å². The van der Waals surface area contributed by atoms with E-state index >= 15 is 0 Å². The molecule has 11 heteroatoms. The van der Waals surface area contributed by atoms with Gasteiger partial charge in [-0.25, -0.2) is 4.79 Å². The van der Waals surface area contributed by atoms with Crippen LogP contribution in [0, 0.1) is 0 Å². The first-order chi connectivity index (χ1) is 21.1. The molecule has 2 aromatic carbocycles. The van der Waals surface area contributed by atoms with Crippen molar-refractivity contribution in [3.8, 4) is 0 Å². The number of amides is 3. The standard InChI is InChI=1S/C32H39N3O8/c1-21(33-30(39)32(2)31(40)35-24-15-9-10-16-26(24)43-32)28(37)34-25(29(38)42-20-23-13-7-4-8-14-23)17-18-27(36)41-19-22-11-5-3-6-12-22/h3-8,11-14,21,24-26H,9-10,15-20H2,1-2H3,(H,33,39)(H,34,37)(H,35,40)/t21-,24+,25-,26+,32?/m0/s1/i/hD. The first-order valence-corrected chi connectivity index (χ1v) is 14.6. The highest BCUT2D eigenvalue weighted by Crippen LogP contribution is 2.30. The van der Waals surface area contributed by atoms with E-state index in [0.29, 0.717) is 11.7 Å². The van der Waals surface area contributed by atoms with Crippen LogP contribution >= 0.6 is 0 Å². The lowest BCUT2D eigenvalue weighted by atomic mass is 9.88. The van der Waals surface area contributed by atoms with Gasteiger partial charge in [-0.15, -0.1) is 0 Å². The van der Waals surface area contributed by atoms with E-state index in [-0.39, 0.29) is 38.2 Å². The molecule has 43 heavy (non-hydrogen) atoms. The summed E-state index contributed by atoms with van der Waals surface area (Å²) >= 11 is 0. The highest BCUT2D eigenvalue weighted by molar-refractivity contribution is 6.09. The molecular weight excluding hydrogens is 554 g/mol. The van der Waals surface area contributed by atoms with Crippen molar-refractivity contribution in [1.82, 2.24) is 15.9 Å². The molecule has 4 rings (SSSR count). The number of carbonyl (C=O) groups is 5. The third kappa shape index (κ3) is 8.63. The van der Waals surface area contributed by atoms with Gasteiger partial charge in [0.1, 0.15) is 25.3 Å². The molecule has 11 nitrogen and oxygen atoms in total. The SMILES string of the molecule is [2H]N(C(=O)C1(C)O[C@@H]2CCCC[C@H]2NC1=O)[C@@H](C)C(=O)N[C@@H](CCC(=O)OCc1ccccc1)C(=O)OCc1ccccc1. The van der Waals surface area contributed by atoms with Gasteiger partial charge in [0.25, 0.3) is 11.8 Å². The second-order valence-corrected chi connectivity index (χ2v) is 11.0. The largest absolute Gasteiger partial charge is 0.461 e. The van der Waals surface area contributed by atoms with Crippen molar-refractivity contribution in [3.05, 3.63) is 71.8 Å². The Kier molecular flexibility index (Phi) is 10.4. The van der Waals surface area contributed by atoms with E-state index in [1.165, 1.54) is 13.8 Å². The minimum atomic E-state index is -1.98. The van der Waals surface area contributed by atoms with Gasteiger partial charge in [-0.3, -0.25) is 19.2 Å². The number of esters is 2. The van der Waals surface area contributed by atoms with Crippen LogP contribution in [0.15, 0.2) is 60.7 Å². The fourth-order valence-corrected chi connectivity index (χ4v) is 5.01. The Bertz CT molecular complexity index is 1330. The quantitative estimate of drug-likeness (QED) is 0.251. The van der Waals surface area contributed by atoms with Gasteiger partial charge in [-0.05, 0) is 44.2 Å². The minimum Gasteiger partial charge on any atom is -0.461 e. The Morgan fingerprint density at radius 1 is 1.00 bits per heavy atom. The molecule has 3 amide bonds. The smallest absolute Gasteiger partial charge is 0.328 e. The third-order valence-electron chi connectivity index (χ3n) is 7.64. The number of rotatable bonds is 12. The topological polar surface area (TPSA) is 149 Å². The predicted molar refractivity (Wildman–Crippen MR) is 155 cm³/mol. The van der Waals surface area contributed by atoms with E-state index < -0.39 is 47.3 Å². The summed E-state index contributed by atoms with van der Waals surface area (Å²) in [5.41, 5.74) is -0.459. The molecule has 0 bridgehead atoms. The third-order valence-corrected chi connectivity index (χ3v) is 7.64. The Morgan fingerprint density at radius 3 is 2.26 bits per heavy atom. The molecule has 3 N–H and O–H groups in total. The van der Waals surface area contributed by atoms with Gasteiger partial charge >= 0.3 is 11.9 Å². The molecule has 1 aliphatic carbocycles. The average molecular weight is 595 g/mol. The summed E-state index contributed by atoms with van der Waals surface area (Å²) in [7, 11) is 0. The zero-order valence-electron chi connectivity index (χ0n) is 25.5. The summed E-state index contributed by atoms with van der Waals surface area (Å²) in [5, 5.41) is 5.74. The van der Waals surface area contributed by atoms with Crippen LogP contribution in [0.25, 0.3) is 0 Å². The molecule has 0 radical (unpaired) electrons. The van der Waals surface area contributed by atoms with Crippen LogP contribution in [0.4, 0.5) is 0 Å². The molecular formula is C32H39N3O8. The molecule has 1 aliphatic heterocycles. The summed E-state index contributed by atoms with van der Waals surface area (Å²) in [4.78, 5) is 65.0. The van der Waals surface area contributed by atoms with Crippen LogP contribution in [0.5, 0.6) is 0 Å². The van der Waals surface area contributed by atoms with E-state index in [0.717, 1.165) is 30.4 Å². The Hall–Kier alpha value is -4.25. The Labute approximate surface area is 252 Å². The molecule has 2 aliphatic rings. The fraction of sp³-hybridized carbons (Fsp3) is 0.469. The summed E-state index contributed by atoms with van der Waals surface area (Å²) in [5.74, 6) is -3.88. The number of morpholine rings is 1. The highest BCUT2D eigenvalue weighted by Gasteiger charge is 2.51. The van der Waals surface area contributed by atoms with Gasteiger partial charge in [0.05, 0.1) is 12.1 Å². The fourth-order valence-electron chi connectivity index (χ4n) is 5.01. The van der Waals surface area contributed by atoms with Gasteiger partial charge in [-0.2, -0.15) is 0 Å². The average Bonchev–Trinajstić information content (AvgIpc) is 3.04. The maximum Gasteiger partial charge on any atom is 0.328 e. The molecule has 230 valence electrons. The zero-order valence-corrected chi connectivity index (χ0v) is 24.5. The van der Waals surface area contributed by atoms with Crippen molar-refractivity contribution < 1.29 is 39.6 Å². The maximum absolute atomic E-state index is 13.4. The second kappa shape index (κ2) is 14.8. The number of benzene rings is 2. The normalized spacial score (nSPS) is 22.9. The van der Waals surface area contributed by atoms with Crippen molar-refractivity contribution in [2.24, 2.45) is 0 Å². The number of nitrogens with one attached hydrogen (secondary N) is 3. The van der Waals surface area contributed by atoms with Crippen LogP contribution in [0.3, 0.4) is 0 Å². The molecule has 1 saturated carbocycles. The van der Waals surface area contributed by atoms with Crippen molar-refractivity contribution >= 4 is 29.7 Å². The lowest BCUT2D eigenvalue weighted by Gasteiger charge is -2.43. The highest BCUT2D eigenvalue weighted by atomic mass is 16.5. The molecule has 2 fully saturated rings. The van der Waals surface area contributed by atoms with E-state index in [1.807, 2.05) is 36.4 Å². The number of carbonyl (C=O) groups excluding carboxylic acids is 5. The van der Waals surface area contributed by atoms with Gasteiger partial charge < -0.3 is 30.2 Å². The van der Waals surface area contributed by atoms with Crippen molar-refractivity contribution in [2.45, 2.75) is 95.4 Å². The molecule has 5 atom stereocenters. The Morgan fingerprint density at radius 2 is 1.60 bits per heavy atom. The van der Waals surface area contributed by atoms with E-state index in [4.69, 9.17) is 15.6 Å². The number of hydrogen-bond donors (Lipinski definition) is 3. The molecule has 1 unspecified atom stereocenters. The number of fused-ring (bicyclic) bond motifs is 1. The van der Waals surface area contributed by atoms with Crippen molar-refractivity contribution in [1.29, 1.82) is 0 Å². The molecule has 1 heterocycles. The molecule has 0 spiro atoms. The molecule has 2 aromatic rings. The van der Waals surface area contributed by atoms with Crippen LogP contribution in [0.1, 0.15) is 63.5 Å².